The number of rotatable bonds is 6. The van der Waals surface area contributed by atoms with Crippen molar-refractivity contribution in [3.8, 4) is 5.75 Å². The number of carboxylic acid groups (broad SMARTS) is 1. The predicted octanol–water partition coefficient (Wildman–Crippen LogP) is 1.96. The average Bonchev–Trinajstić information content (AvgIpc) is 2.96. The summed E-state index contributed by atoms with van der Waals surface area (Å²) in [6.45, 7) is 0.545. The van der Waals surface area contributed by atoms with Gasteiger partial charge in [-0.15, -0.1) is 12.4 Å². The molecule has 5 nitrogen and oxygen atoms in total. The molecule has 0 aliphatic carbocycles. The fourth-order valence-electron chi connectivity index (χ4n) is 2.61. The van der Waals surface area contributed by atoms with Gasteiger partial charge in [0.15, 0.2) is 6.10 Å². The van der Waals surface area contributed by atoms with Gasteiger partial charge in [0.25, 0.3) is 0 Å². The van der Waals surface area contributed by atoms with Crippen LogP contribution in [0.15, 0.2) is 54.7 Å². The summed E-state index contributed by atoms with van der Waals surface area (Å²) in [5.74, 6) is -0.791. The normalized spacial score (nSPS) is 11.7. The Hall–Kier alpha value is -2.50. The molecular weight excluding hydrogens is 328 g/mol. The highest BCUT2D eigenvalue weighted by molar-refractivity contribution is 5.85. The van der Waals surface area contributed by atoms with Gasteiger partial charge < -0.3 is 25.4 Å². The van der Waals surface area contributed by atoms with Crippen LogP contribution in [0.4, 0.5) is 0 Å². The number of carbonyl (C=O) groups is 1. The van der Waals surface area contributed by atoms with Gasteiger partial charge in [0.1, 0.15) is 5.75 Å². The van der Waals surface area contributed by atoms with Gasteiger partial charge in [0, 0.05) is 17.1 Å². The summed E-state index contributed by atoms with van der Waals surface area (Å²) >= 11 is 0. The van der Waals surface area contributed by atoms with E-state index >= 15 is 0 Å². The third-order valence-corrected chi connectivity index (χ3v) is 3.72. The number of nitrogens with one attached hydrogen (secondary N) is 1. The summed E-state index contributed by atoms with van der Waals surface area (Å²) in [7, 11) is 0. The Morgan fingerprint density at radius 1 is 1.21 bits per heavy atom. The molecule has 2 aromatic carbocycles. The Kier molecular flexibility index (Phi) is 5.84. The van der Waals surface area contributed by atoms with Crippen LogP contribution >= 0.6 is 12.4 Å². The van der Waals surface area contributed by atoms with Gasteiger partial charge in [-0.1, -0.05) is 30.3 Å². The van der Waals surface area contributed by atoms with Crippen molar-refractivity contribution in [1.29, 1.82) is 0 Å². The topological polar surface area (TPSA) is 91.2 Å². The van der Waals surface area contributed by atoms with Gasteiger partial charge in [-0.25, -0.2) is 0 Å². The third-order valence-electron chi connectivity index (χ3n) is 3.72. The number of aromatic amines is 1. The van der Waals surface area contributed by atoms with Gasteiger partial charge in [-0.2, -0.15) is 0 Å². The zero-order valence-electron chi connectivity index (χ0n) is 12.9. The zero-order valence-corrected chi connectivity index (χ0v) is 13.7. The summed E-state index contributed by atoms with van der Waals surface area (Å²) in [5.41, 5.74) is 8.20. The Bertz CT molecular complexity index is 818. The van der Waals surface area contributed by atoms with Crippen molar-refractivity contribution in [2.24, 2.45) is 5.73 Å². The summed E-state index contributed by atoms with van der Waals surface area (Å²) in [4.78, 5) is 14.6. The number of carboxylic acids is 1. The Labute approximate surface area is 145 Å². The molecule has 0 saturated carbocycles. The fraction of sp³-hybridized carbons (Fsp3) is 0.167. The Morgan fingerprint density at radius 3 is 2.62 bits per heavy atom. The number of nitrogens with two attached hydrogens (primary N) is 1. The zero-order chi connectivity index (χ0) is 16.2. The number of carbonyl (C=O) groups excluding carboxylic acids is 1. The first kappa shape index (κ1) is 17.8. The van der Waals surface area contributed by atoms with Crippen LogP contribution in [0.1, 0.15) is 17.2 Å². The monoisotopic (exact) mass is 345 g/mol. The molecule has 1 atom stereocenters. The third kappa shape index (κ3) is 3.69. The molecule has 0 saturated heterocycles. The lowest BCUT2D eigenvalue weighted by atomic mass is 10.1. The molecule has 126 valence electrons. The minimum absolute atomic E-state index is 0. The molecule has 0 radical (unpaired) electrons. The van der Waals surface area contributed by atoms with Gasteiger partial charge in [-0.3, -0.25) is 0 Å². The van der Waals surface area contributed by atoms with E-state index in [0.717, 1.165) is 22.9 Å². The maximum absolute atomic E-state index is 11.4. The first-order valence-corrected chi connectivity index (χ1v) is 7.41. The van der Waals surface area contributed by atoms with Crippen LogP contribution in [0, 0.1) is 0 Å². The van der Waals surface area contributed by atoms with Crippen molar-refractivity contribution in [3.63, 3.8) is 0 Å². The van der Waals surface area contributed by atoms with Crippen LogP contribution in [-0.4, -0.2) is 17.5 Å². The lowest BCUT2D eigenvalue weighted by Crippen LogP contribution is -2.33. The Balaban J connectivity index is 0.00000208. The summed E-state index contributed by atoms with van der Waals surface area (Å²) in [6.07, 6.45) is 1.51. The number of hydrogen-bond acceptors (Lipinski definition) is 4. The maximum atomic E-state index is 11.4. The largest absolute Gasteiger partial charge is 0.546 e. The smallest absolute Gasteiger partial charge is 0.163 e. The fourth-order valence-corrected chi connectivity index (χ4v) is 2.61. The van der Waals surface area contributed by atoms with Gasteiger partial charge in [0.05, 0.1) is 5.97 Å². The van der Waals surface area contributed by atoms with E-state index in [1.165, 1.54) is 0 Å². The van der Waals surface area contributed by atoms with Crippen molar-refractivity contribution in [2.45, 2.75) is 12.5 Å². The molecule has 24 heavy (non-hydrogen) atoms. The van der Waals surface area contributed by atoms with Gasteiger partial charge in [0.2, 0.25) is 0 Å². The second kappa shape index (κ2) is 7.86. The number of halogens is 1. The van der Waals surface area contributed by atoms with Gasteiger partial charge >= 0.3 is 0 Å². The summed E-state index contributed by atoms with van der Waals surface area (Å²) in [5, 5.41) is 12.4. The van der Waals surface area contributed by atoms with Crippen LogP contribution in [0.25, 0.3) is 10.9 Å². The summed E-state index contributed by atoms with van der Waals surface area (Å²) < 4.78 is 5.67. The Morgan fingerprint density at radius 2 is 1.96 bits per heavy atom. The quantitative estimate of drug-likeness (QED) is 0.714. The highest BCUT2D eigenvalue weighted by Crippen LogP contribution is 2.27. The molecule has 0 aliphatic rings. The second-order valence-corrected chi connectivity index (χ2v) is 5.29. The molecular formula is C18H18ClN2O3-. The van der Waals surface area contributed by atoms with Crippen molar-refractivity contribution in [3.05, 3.63) is 65.9 Å². The van der Waals surface area contributed by atoms with Crippen molar-refractivity contribution in [1.82, 2.24) is 4.98 Å². The van der Waals surface area contributed by atoms with E-state index in [1.807, 2.05) is 24.4 Å². The SMILES string of the molecule is Cl.NCCc1c[nH]c2ccc(OC(C(=O)[O-])c3ccccc3)cc12. The average molecular weight is 346 g/mol. The maximum Gasteiger partial charge on any atom is 0.163 e. The number of hydrogen-bond donors (Lipinski definition) is 2. The lowest BCUT2D eigenvalue weighted by molar-refractivity contribution is -0.314. The van der Waals surface area contributed by atoms with Crippen LogP contribution in [0.3, 0.4) is 0 Å². The molecule has 6 heteroatoms. The second-order valence-electron chi connectivity index (χ2n) is 5.29. The number of benzene rings is 2. The number of fused-ring (bicyclic) bond motifs is 1. The van der Waals surface area contributed by atoms with E-state index < -0.39 is 12.1 Å². The summed E-state index contributed by atoms with van der Waals surface area (Å²) in [6, 6.07) is 14.2. The molecule has 3 N–H and O–H groups in total. The molecule has 1 unspecified atom stereocenters. The van der Waals surface area contributed by atoms with E-state index in [9.17, 15) is 9.90 Å². The van der Waals surface area contributed by atoms with E-state index in [-0.39, 0.29) is 12.4 Å². The van der Waals surface area contributed by atoms with Crippen LogP contribution < -0.4 is 15.6 Å². The van der Waals surface area contributed by atoms with Crippen molar-refractivity contribution >= 4 is 29.3 Å². The van der Waals surface area contributed by atoms with Crippen LogP contribution in [-0.2, 0) is 11.2 Å². The molecule has 0 amide bonds. The first-order chi connectivity index (χ1) is 11.2. The molecule has 3 rings (SSSR count). The highest BCUT2D eigenvalue weighted by Gasteiger charge is 2.15. The molecule has 0 bridgehead atoms. The minimum atomic E-state index is -1.27. The van der Waals surface area contributed by atoms with E-state index in [4.69, 9.17) is 10.5 Å². The van der Waals surface area contributed by atoms with E-state index in [2.05, 4.69) is 4.98 Å². The molecule has 1 aromatic heterocycles. The van der Waals surface area contributed by atoms with Crippen LogP contribution in [0.2, 0.25) is 0 Å². The number of H-pyrrole nitrogens is 1. The molecule has 1 heterocycles. The number of aliphatic carboxylic acids is 1. The molecule has 0 spiro atoms. The molecule has 0 fully saturated rings. The first-order valence-electron chi connectivity index (χ1n) is 7.41. The molecule has 0 aliphatic heterocycles. The number of ether oxygens (including phenoxy) is 1. The number of aromatic nitrogens is 1. The minimum Gasteiger partial charge on any atom is -0.546 e. The molecule has 3 aromatic rings. The van der Waals surface area contributed by atoms with Gasteiger partial charge in [-0.05, 0) is 42.3 Å². The highest BCUT2D eigenvalue weighted by atomic mass is 35.5. The van der Waals surface area contributed by atoms with Crippen LogP contribution in [0.5, 0.6) is 5.75 Å². The van der Waals surface area contributed by atoms with E-state index in [0.29, 0.717) is 17.9 Å². The standard InChI is InChI=1S/C18H18N2O3.ClH/c19-9-8-13-11-20-16-7-6-14(10-15(13)16)23-17(18(21)22)12-4-2-1-3-5-12;/h1-7,10-11,17,20H,8-9,19H2,(H,21,22);1H/p-1. The van der Waals surface area contributed by atoms with Crippen molar-refractivity contribution in [2.75, 3.05) is 6.54 Å². The predicted molar refractivity (Wildman–Crippen MR) is 93.1 cm³/mol. The van der Waals surface area contributed by atoms with Crippen molar-refractivity contribution < 1.29 is 14.6 Å². The van der Waals surface area contributed by atoms with E-state index in [1.54, 1.807) is 30.3 Å². The lowest BCUT2D eigenvalue weighted by Gasteiger charge is -2.20.